The van der Waals surface area contributed by atoms with Crippen LogP contribution in [0.3, 0.4) is 0 Å². The van der Waals surface area contributed by atoms with E-state index in [4.69, 9.17) is 15.0 Å². The lowest BCUT2D eigenvalue weighted by atomic mass is 9.89. The summed E-state index contributed by atoms with van der Waals surface area (Å²) < 4.78 is 2.44. The zero-order valence-corrected chi connectivity index (χ0v) is 34.8. The summed E-state index contributed by atoms with van der Waals surface area (Å²) >= 11 is 1.84. The molecule has 2 aromatic heterocycles. The second-order valence-electron chi connectivity index (χ2n) is 16.3. The average Bonchev–Trinajstić information content (AvgIpc) is 3.71. The molecule has 0 saturated carbocycles. The summed E-state index contributed by atoms with van der Waals surface area (Å²) in [6.07, 6.45) is 0. The van der Waals surface area contributed by atoms with Crippen molar-refractivity contribution in [3.8, 4) is 56.4 Å². The van der Waals surface area contributed by atoms with E-state index in [1.807, 2.05) is 11.3 Å². The van der Waals surface area contributed by atoms with E-state index in [0.717, 1.165) is 38.4 Å². The number of aromatic nitrogens is 3. The fourth-order valence-electron chi connectivity index (χ4n) is 9.77. The van der Waals surface area contributed by atoms with E-state index in [0.29, 0.717) is 17.5 Å². The molecule has 0 spiro atoms. The minimum Gasteiger partial charge on any atom is -0.208 e. The fraction of sp³-hybridized carbons (Fsp3) is 0. The average molecular weight is 818 g/mol. The molecule has 0 unspecified atom stereocenters. The highest BCUT2D eigenvalue weighted by atomic mass is 32.1. The summed E-state index contributed by atoms with van der Waals surface area (Å²) in [4.78, 5) is 16.6. The summed E-state index contributed by atoms with van der Waals surface area (Å²) in [5, 5.41) is 14.2. The summed E-state index contributed by atoms with van der Waals surface area (Å²) in [6, 6.07) is 76.2. The Balaban J connectivity index is 1.17. The van der Waals surface area contributed by atoms with Gasteiger partial charge >= 0.3 is 0 Å². The molecule has 0 amide bonds. The van der Waals surface area contributed by atoms with Gasteiger partial charge in [-0.2, -0.15) is 0 Å². The lowest BCUT2D eigenvalue weighted by Gasteiger charge is -2.17. The first-order chi connectivity index (χ1) is 31.2. The Morgan fingerprint density at radius 3 is 1.48 bits per heavy atom. The van der Waals surface area contributed by atoms with Crippen LogP contribution in [0.15, 0.2) is 212 Å². The molecular formula is C59H35N3S. The molecule has 63 heavy (non-hydrogen) atoms. The van der Waals surface area contributed by atoms with E-state index in [-0.39, 0.29) is 0 Å². The van der Waals surface area contributed by atoms with Gasteiger partial charge in [-0.1, -0.05) is 188 Å². The Morgan fingerprint density at radius 1 is 0.270 bits per heavy atom. The summed E-state index contributed by atoms with van der Waals surface area (Å²) in [7, 11) is 0. The SMILES string of the molecule is c1ccc(-c2ccc(-c3nc(-c4ccc(-c5ccccc5)c5ccccc45)nc(-c4c5c(cc6c7ccccc7c7ccccc7c46)sc4cc6ccccc6cc45)n3)cc2)cc1. The summed E-state index contributed by atoms with van der Waals surface area (Å²) in [5.74, 6) is 1.92. The second-order valence-corrected chi connectivity index (χ2v) is 17.3. The number of benzene rings is 11. The van der Waals surface area contributed by atoms with Crippen LogP contribution in [0.25, 0.3) is 130 Å². The van der Waals surface area contributed by atoms with Crippen molar-refractivity contribution in [1.29, 1.82) is 0 Å². The maximum Gasteiger partial charge on any atom is 0.165 e. The zero-order valence-electron chi connectivity index (χ0n) is 34.0. The predicted molar refractivity (Wildman–Crippen MR) is 267 cm³/mol. The van der Waals surface area contributed by atoms with Crippen LogP contribution in [0.2, 0.25) is 0 Å². The Hall–Kier alpha value is -8.05. The van der Waals surface area contributed by atoms with Gasteiger partial charge in [0.15, 0.2) is 17.5 Å². The molecule has 2 heterocycles. The molecule has 0 aliphatic rings. The smallest absolute Gasteiger partial charge is 0.165 e. The van der Waals surface area contributed by atoms with E-state index >= 15 is 0 Å². The number of hydrogen-bond acceptors (Lipinski definition) is 4. The number of fused-ring (bicyclic) bond motifs is 11. The highest BCUT2D eigenvalue weighted by molar-refractivity contribution is 7.26. The van der Waals surface area contributed by atoms with Gasteiger partial charge in [-0.05, 0) is 95.0 Å². The first-order valence-corrected chi connectivity index (χ1v) is 22.2. The number of nitrogens with zero attached hydrogens (tertiary/aromatic N) is 3. The maximum absolute atomic E-state index is 5.64. The molecule has 0 aliphatic heterocycles. The van der Waals surface area contributed by atoms with Crippen LogP contribution in [-0.4, -0.2) is 15.0 Å². The van der Waals surface area contributed by atoms with Gasteiger partial charge in [-0.3, -0.25) is 0 Å². The van der Waals surface area contributed by atoms with Gasteiger partial charge in [0.1, 0.15) is 0 Å². The van der Waals surface area contributed by atoms with E-state index in [9.17, 15) is 0 Å². The Bertz CT molecular complexity index is 3950. The van der Waals surface area contributed by atoms with Gasteiger partial charge in [-0.15, -0.1) is 11.3 Å². The van der Waals surface area contributed by atoms with Crippen LogP contribution >= 0.6 is 11.3 Å². The highest BCUT2D eigenvalue weighted by Gasteiger charge is 2.24. The molecule has 11 aromatic carbocycles. The lowest BCUT2D eigenvalue weighted by Crippen LogP contribution is -2.02. The highest BCUT2D eigenvalue weighted by Crippen LogP contribution is 2.49. The zero-order chi connectivity index (χ0) is 41.4. The third-order valence-corrected chi connectivity index (χ3v) is 13.8. The molecule has 13 aromatic rings. The molecule has 0 radical (unpaired) electrons. The van der Waals surface area contributed by atoms with E-state index in [1.54, 1.807) is 0 Å². The molecular weight excluding hydrogens is 783 g/mol. The van der Waals surface area contributed by atoms with Crippen molar-refractivity contribution in [2.45, 2.75) is 0 Å². The Kier molecular flexibility index (Phi) is 8.08. The lowest BCUT2D eigenvalue weighted by molar-refractivity contribution is 1.08. The summed E-state index contributed by atoms with van der Waals surface area (Å²) in [6.45, 7) is 0. The molecule has 0 atom stereocenters. The third-order valence-electron chi connectivity index (χ3n) is 12.7. The van der Waals surface area contributed by atoms with E-state index in [1.165, 1.54) is 74.6 Å². The first kappa shape index (κ1) is 35.7. The van der Waals surface area contributed by atoms with Crippen molar-refractivity contribution >= 4 is 85.4 Å². The van der Waals surface area contributed by atoms with Crippen molar-refractivity contribution in [2.24, 2.45) is 0 Å². The monoisotopic (exact) mass is 817 g/mol. The van der Waals surface area contributed by atoms with Gasteiger partial charge in [0.2, 0.25) is 0 Å². The molecule has 0 N–H and O–H groups in total. The topological polar surface area (TPSA) is 38.7 Å². The van der Waals surface area contributed by atoms with Crippen molar-refractivity contribution in [2.75, 3.05) is 0 Å². The third kappa shape index (κ3) is 5.76. The predicted octanol–water partition coefficient (Wildman–Crippen LogP) is 16.3. The molecule has 3 nitrogen and oxygen atoms in total. The minimum atomic E-state index is 0.631. The first-order valence-electron chi connectivity index (χ1n) is 21.3. The largest absolute Gasteiger partial charge is 0.208 e. The van der Waals surface area contributed by atoms with Crippen LogP contribution in [0.4, 0.5) is 0 Å². The molecule has 13 rings (SSSR count). The van der Waals surface area contributed by atoms with Crippen molar-refractivity contribution in [3.63, 3.8) is 0 Å². The van der Waals surface area contributed by atoms with Gasteiger partial charge in [0.25, 0.3) is 0 Å². The maximum atomic E-state index is 5.64. The molecule has 4 heteroatoms. The normalized spacial score (nSPS) is 11.8. The molecule has 0 saturated heterocycles. The standard InChI is InChI=1S/C59H35N3S/c1-3-15-36(16-4-1)37-27-29-39(30-28-37)57-60-58(49-32-31-42(38-17-5-2-6-18-38)43-21-9-11-24-46(43)49)62-59(61-57)56-54-48-26-14-13-23-45(48)44-22-10-12-25-47(44)50(54)35-53-55(56)51-33-40-19-7-8-20-41(40)34-52(51)63-53/h1-35H. The van der Waals surface area contributed by atoms with E-state index in [2.05, 4.69) is 212 Å². The van der Waals surface area contributed by atoms with Gasteiger partial charge < -0.3 is 0 Å². The van der Waals surface area contributed by atoms with Crippen molar-refractivity contribution in [3.05, 3.63) is 212 Å². The Morgan fingerprint density at radius 2 is 0.762 bits per heavy atom. The molecule has 0 aliphatic carbocycles. The van der Waals surface area contributed by atoms with Crippen LogP contribution in [-0.2, 0) is 0 Å². The van der Waals surface area contributed by atoms with Gasteiger partial charge in [0.05, 0.1) is 0 Å². The number of hydrogen-bond donors (Lipinski definition) is 0. The number of thiophene rings is 1. The van der Waals surface area contributed by atoms with Crippen LogP contribution < -0.4 is 0 Å². The number of rotatable bonds is 5. The van der Waals surface area contributed by atoms with Crippen LogP contribution in [0, 0.1) is 0 Å². The molecule has 0 fully saturated rings. The molecule has 0 bridgehead atoms. The van der Waals surface area contributed by atoms with E-state index < -0.39 is 0 Å². The second kappa shape index (κ2) is 14.3. The quantitative estimate of drug-likeness (QED) is 0.162. The van der Waals surface area contributed by atoms with Crippen LogP contribution in [0.5, 0.6) is 0 Å². The molecule has 292 valence electrons. The minimum absolute atomic E-state index is 0.631. The van der Waals surface area contributed by atoms with Gasteiger partial charge in [0, 0.05) is 42.2 Å². The summed E-state index contributed by atoms with van der Waals surface area (Å²) in [5.41, 5.74) is 7.57. The van der Waals surface area contributed by atoms with Crippen molar-refractivity contribution in [1.82, 2.24) is 15.0 Å². The van der Waals surface area contributed by atoms with Crippen molar-refractivity contribution < 1.29 is 0 Å². The Labute approximate surface area is 367 Å². The van der Waals surface area contributed by atoms with Crippen LogP contribution in [0.1, 0.15) is 0 Å². The van der Waals surface area contributed by atoms with Gasteiger partial charge in [-0.25, -0.2) is 15.0 Å². The fourth-order valence-corrected chi connectivity index (χ4v) is 11.0.